The van der Waals surface area contributed by atoms with Gasteiger partial charge >= 0.3 is 0 Å². The van der Waals surface area contributed by atoms with Crippen LogP contribution in [-0.4, -0.2) is 36.3 Å². The Labute approximate surface area is 158 Å². The predicted molar refractivity (Wildman–Crippen MR) is 108 cm³/mol. The number of nitrogens with two attached hydrogens (primary N) is 1. The molecule has 1 aliphatic carbocycles. The lowest BCUT2D eigenvalue weighted by molar-refractivity contribution is 0.122. The molecule has 0 amide bonds. The second-order valence-electron chi connectivity index (χ2n) is 6.50. The zero-order chi connectivity index (χ0) is 17.0. The molecule has 0 aromatic carbocycles. The third-order valence-corrected chi connectivity index (χ3v) is 7.31. The van der Waals surface area contributed by atoms with Gasteiger partial charge in [0.05, 0.1) is 23.4 Å². The van der Waals surface area contributed by atoms with Crippen LogP contribution < -0.4 is 10.6 Å². The number of nitrogens with zero attached hydrogens (tertiary/aromatic N) is 3. The van der Waals surface area contributed by atoms with Crippen LogP contribution in [0.2, 0.25) is 0 Å². The Balaban J connectivity index is 1.84. The van der Waals surface area contributed by atoms with E-state index in [9.17, 15) is 0 Å². The Hall–Kier alpha value is -1.35. The average Bonchev–Trinajstić information content (AvgIpc) is 3.01. The minimum Gasteiger partial charge on any atom is -0.389 e. The maximum atomic E-state index is 6.25. The highest BCUT2D eigenvalue weighted by molar-refractivity contribution is 7.73. The number of thiophene rings is 1. The molecule has 0 atom stereocenters. The molecule has 0 unspecified atom stereocenters. The monoisotopic (exact) mass is 390 g/mol. The highest BCUT2D eigenvalue weighted by Gasteiger charge is 2.26. The first-order chi connectivity index (χ1) is 12.2. The molecular weight excluding hydrogens is 372 g/mol. The third kappa shape index (κ3) is 2.54. The highest BCUT2D eigenvalue weighted by atomic mass is 32.1. The number of aryl methyl sites for hydroxylation is 1. The molecule has 3 aromatic rings. The summed E-state index contributed by atoms with van der Waals surface area (Å²) >= 11 is 8.37. The number of fused-ring (bicyclic) bond motifs is 5. The molecule has 4 heterocycles. The first kappa shape index (κ1) is 15.9. The smallest absolute Gasteiger partial charge is 0.183 e. The van der Waals surface area contributed by atoms with Crippen molar-refractivity contribution in [1.29, 1.82) is 0 Å². The van der Waals surface area contributed by atoms with Gasteiger partial charge in [-0.25, -0.2) is 9.97 Å². The maximum absolute atomic E-state index is 6.25. The third-order valence-electron chi connectivity index (χ3n) is 5.05. The number of nitrogen functional groups attached to an aromatic ring is 1. The van der Waals surface area contributed by atoms with Gasteiger partial charge < -0.3 is 15.4 Å². The summed E-state index contributed by atoms with van der Waals surface area (Å²) in [4.78, 5) is 13.2. The molecule has 3 aromatic heterocycles. The van der Waals surface area contributed by atoms with Crippen molar-refractivity contribution in [3.05, 3.63) is 15.1 Å². The Morgan fingerprint density at radius 1 is 1.04 bits per heavy atom. The van der Waals surface area contributed by atoms with E-state index in [1.54, 1.807) is 11.3 Å². The number of rotatable bonds is 1. The topological polar surface area (TPSA) is 64.3 Å². The Kier molecular flexibility index (Phi) is 3.89. The fourth-order valence-electron chi connectivity index (χ4n) is 3.92. The quantitative estimate of drug-likeness (QED) is 0.635. The van der Waals surface area contributed by atoms with Crippen LogP contribution in [0.5, 0.6) is 0 Å². The molecule has 1 saturated heterocycles. The highest BCUT2D eigenvalue weighted by Crippen LogP contribution is 2.43. The van der Waals surface area contributed by atoms with Gasteiger partial charge in [-0.15, -0.1) is 11.3 Å². The van der Waals surface area contributed by atoms with Crippen LogP contribution in [0.15, 0.2) is 0 Å². The van der Waals surface area contributed by atoms with Crippen molar-refractivity contribution in [1.82, 2.24) is 9.97 Å². The number of aromatic nitrogens is 2. The van der Waals surface area contributed by atoms with E-state index >= 15 is 0 Å². The van der Waals surface area contributed by atoms with E-state index in [4.69, 9.17) is 27.7 Å². The first-order valence-electron chi connectivity index (χ1n) is 8.59. The van der Waals surface area contributed by atoms with E-state index < -0.39 is 0 Å². The first-order valence-corrected chi connectivity index (χ1v) is 10.6. The minimum atomic E-state index is 0.603. The van der Waals surface area contributed by atoms with Gasteiger partial charge in [0, 0.05) is 18.5 Å². The van der Waals surface area contributed by atoms with Crippen molar-refractivity contribution in [3.8, 4) is 0 Å². The lowest BCUT2D eigenvalue weighted by Crippen LogP contribution is -2.37. The van der Waals surface area contributed by atoms with Gasteiger partial charge in [0.1, 0.15) is 15.6 Å². The fourth-order valence-corrected chi connectivity index (χ4v) is 6.04. The summed E-state index contributed by atoms with van der Waals surface area (Å²) in [6.07, 6.45) is 4.62. The van der Waals surface area contributed by atoms with Crippen LogP contribution in [0.1, 0.15) is 24.0 Å². The molecule has 25 heavy (non-hydrogen) atoms. The fraction of sp³-hybridized carbons (Fsp3) is 0.471. The zero-order valence-corrected chi connectivity index (χ0v) is 16.2. The van der Waals surface area contributed by atoms with E-state index in [-0.39, 0.29) is 0 Å². The summed E-state index contributed by atoms with van der Waals surface area (Å²) in [5, 5.41) is 1.95. The normalized spacial score (nSPS) is 18.0. The van der Waals surface area contributed by atoms with Crippen molar-refractivity contribution in [3.63, 3.8) is 0 Å². The zero-order valence-electron chi connectivity index (χ0n) is 13.7. The van der Waals surface area contributed by atoms with Crippen molar-refractivity contribution in [2.75, 3.05) is 36.9 Å². The number of pyridine rings is 1. The van der Waals surface area contributed by atoms with E-state index in [2.05, 4.69) is 9.88 Å². The van der Waals surface area contributed by atoms with E-state index in [1.807, 2.05) is 0 Å². The molecule has 2 aliphatic rings. The van der Waals surface area contributed by atoms with Gasteiger partial charge in [-0.2, -0.15) is 0 Å². The molecule has 1 fully saturated rings. The molecule has 0 saturated carbocycles. The molecule has 2 N–H and O–H groups in total. The van der Waals surface area contributed by atoms with Crippen molar-refractivity contribution in [2.24, 2.45) is 0 Å². The SMILES string of the molecule is Nc1sc(=S)nc2c1sc1nc(N3CCOCC3)c3c(c12)CCCC3. The molecule has 1 aliphatic heterocycles. The summed E-state index contributed by atoms with van der Waals surface area (Å²) in [5.41, 5.74) is 10.0. The predicted octanol–water partition coefficient (Wildman–Crippen LogP) is 3.93. The molecule has 5 nitrogen and oxygen atoms in total. The summed E-state index contributed by atoms with van der Waals surface area (Å²) in [7, 11) is 0. The number of morpholine rings is 1. The Morgan fingerprint density at radius 2 is 1.80 bits per heavy atom. The molecule has 8 heteroatoms. The molecular formula is C17H18N4OS3. The largest absolute Gasteiger partial charge is 0.389 e. The summed E-state index contributed by atoms with van der Waals surface area (Å²) in [5.74, 6) is 1.15. The van der Waals surface area contributed by atoms with Gasteiger partial charge in [-0.1, -0.05) is 11.3 Å². The molecule has 0 spiro atoms. The molecule has 5 rings (SSSR count). The van der Waals surface area contributed by atoms with Crippen molar-refractivity contribution < 1.29 is 4.74 Å². The minimum absolute atomic E-state index is 0.603. The number of ether oxygens (including phenoxy) is 1. The van der Waals surface area contributed by atoms with E-state index in [1.165, 1.54) is 40.7 Å². The number of hydrogen-bond acceptors (Lipinski definition) is 8. The van der Waals surface area contributed by atoms with Crippen LogP contribution >= 0.6 is 34.9 Å². The van der Waals surface area contributed by atoms with Crippen LogP contribution in [0.3, 0.4) is 0 Å². The summed E-state index contributed by atoms with van der Waals surface area (Å²) in [6.45, 7) is 3.37. The van der Waals surface area contributed by atoms with Gasteiger partial charge in [0.15, 0.2) is 3.95 Å². The standard InChI is InChI=1S/C17H18N4OS3/c18-14-13-12(19-17(23)25-14)11-9-3-1-2-4-10(9)15(20-16(11)24-13)21-5-7-22-8-6-21/h1-8,18H2. The van der Waals surface area contributed by atoms with E-state index in [0.29, 0.717) is 3.95 Å². The molecule has 0 radical (unpaired) electrons. The van der Waals surface area contributed by atoms with Crippen molar-refractivity contribution >= 4 is 66.1 Å². The second kappa shape index (κ2) is 6.12. The van der Waals surface area contributed by atoms with Crippen LogP contribution in [0, 0.1) is 3.95 Å². The average molecular weight is 391 g/mol. The summed E-state index contributed by atoms with van der Waals surface area (Å²) in [6, 6.07) is 0. The molecule has 130 valence electrons. The lowest BCUT2D eigenvalue weighted by Gasteiger charge is -2.31. The Bertz CT molecular complexity index is 1040. The second-order valence-corrected chi connectivity index (χ2v) is 9.18. The van der Waals surface area contributed by atoms with Gasteiger partial charge in [0.25, 0.3) is 0 Å². The molecule has 0 bridgehead atoms. The van der Waals surface area contributed by atoms with Gasteiger partial charge in [-0.05, 0) is 49.0 Å². The summed E-state index contributed by atoms with van der Waals surface area (Å²) < 4.78 is 7.16. The van der Waals surface area contributed by atoms with E-state index in [0.717, 1.165) is 65.0 Å². The number of hydrogen-bond donors (Lipinski definition) is 1. The van der Waals surface area contributed by atoms with Gasteiger partial charge in [-0.3, -0.25) is 0 Å². The van der Waals surface area contributed by atoms with Crippen molar-refractivity contribution in [2.45, 2.75) is 25.7 Å². The number of anilines is 2. The lowest BCUT2D eigenvalue weighted by atomic mass is 9.90. The van der Waals surface area contributed by atoms with Crippen LogP contribution in [-0.2, 0) is 17.6 Å². The maximum Gasteiger partial charge on any atom is 0.183 e. The van der Waals surface area contributed by atoms with Crippen LogP contribution in [0.25, 0.3) is 20.4 Å². The van der Waals surface area contributed by atoms with Gasteiger partial charge in [0.2, 0.25) is 0 Å². The Morgan fingerprint density at radius 3 is 2.60 bits per heavy atom. The van der Waals surface area contributed by atoms with Crippen LogP contribution in [0.4, 0.5) is 10.8 Å².